The number of rotatable bonds is 9. The van der Waals surface area contributed by atoms with E-state index >= 15 is 0 Å². The van der Waals surface area contributed by atoms with Crippen LogP contribution in [-0.2, 0) is 16.9 Å². The largest absolute Gasteiger partial charge is 0.466 e. The van der Waals surface area contributed by atoms with Crippen LogP contribution in [0.3, 0.4) is 0 Å². The number of ether oxygens (including phenoxy) is 1. The molecular formula is C19H31N5O4. The highest BCUT2D eigenvalue weighted by Gasteiger charge is 2.28. The fourth-order valence-electron chi connectivity index (χ4n) is 2.83. The smallest absolute Gasteiger partial charge is 0.248 e. The van der Waals surface area contributed by atoms with Gasteiger partial charge in [0.1, 0.15) is 29.8 Å². The second kappa shape index (κ2) is 9.70. The van der Waals surface area contributed by atoms with Crippen molar-refractivity contribution in [2.75, 3.05) is 19.7 Å². The highest BCUT2D eigenvalue weighted by Crippen LogP contribution is 2.26. The Labute approximate surface area is 165 Å². The van der Waals surface area contributed by atoms with Crippen LogP contribution in [0.4, 0.5) is 0 Å². The normalized spacial score (nSPS) is 15.3. The summed E-state index contributed by atoms with van der Waals surface area (Å²) >= 11 is 0. The van der Waals surface area contributed by atoms with Gasteiger partial charge in [0, 0.05) is 18.7 Å². The molecule has 0 aliphatic carbocycles. The molecule has 2 atom stereocenters. The molecule has 2 heterocycles. The van der Waals surface area contributed by atoms with Crippen LogP contribution in [0.15, 0.2) is 20.0 Å². The van der Waals surface area contributed by atoms with E-state index in [-0.39, 0.29) is 19.2 Å². The summed E-state index contributed by atoms with van der Waals surface area (Å²) in [5, 5.41) is 21.0. The van der Waals surface area contributed by atoms with E-state index in [1.165, 1.54) is 0 Å². The molecule has 0 aromatic carbocycles. The molecule has 0 radical (unpaired) electrons. The van der Waals surface area contributed by atoms with Gasteiger partial charge in [0.25, 0.3) is 0 Å². The molecule has 0 fully saturated rings. The molecule has 0 spiro atoms. The number of aliphatic imine (C=N–C) groups is 1. The standard InChI is InChI=1S/C19H31N5O4/c1-7-20-18(21-10-16-23-17(24-28-16)14(5)26-8-2)22-11-19(6,25)15-9-12(3)27-13(15)4/h9,14,25H,7-8,10-11H2,1-6H3,(H2,20,21,22). The summed E-state index contributed by atoms with van der Waals surface area (Å²) in [6.45, 7) is 12.9. The molecule has 0 saturated heterocycles. The first kappa shape index (κ1) is 21.9. The first-order chi connectivity index (χ1) is 13.3. The van der Waals surface area contributed by atoms with E-state index in [1.54, 1.807) is 6.92 Å². The summed E-state index contributed by atoms with van der Waals surface area (Å²) in [6.07, 6.45) is -0.227. The number of nitrogens with zero attached hydrogens (tertiary/aromatic N) is 3. The number of furan rings is 1. The second-order valence-corrected chi connectivity index (χ2v) is 6.79. The van der Waals surface area contributed by atoms with Crippen LogP contribution >= 0.6 is 0 Å². The second-order valence-electron chi connectivity index (χ2n) is 6.79. The Balaban J connectivity index is 2.01. The molecule has 0 bridgehead atoms. The number of guanidine groups is 1. The monoisotopic (exact) mass is 393 g/mol. The predicted octanol–water partition coefficient (Wildman–Crippen LogP) is 2.34. The lowest BCUT2D eigenvalue weighted by Gasteiger charge is -2.24. The maximum absolute atomic E-state index is 10.8. The van der Waals surface area contributed by atoms with Crippen LogP contribution in [0.2, 0.25) is 0 Å². The van der Waals surface area contributed by atoms with E-state index in [2.05, 4.69) is 25.8 Å². The summed E-state index contributed by atoms with van der Waals surface area (Å²) in [4.78, 5) is 8.75. The SMILES string of the molecule is CCNC(=NCc1nc(C(C)OCC)no1)NCC(C)(O)c1cc(C)oc1C. The minimum Gasteiger partial charge on any atom is -0.466 e. The number of hydrogen-bond acceptors (Lipinski definition) is 7. The van der Waals surface area contributed by atoms with E-state index in [9.17, 15) is 5.11 Å². The zero-order valence-corrected chi connectivity index (χ0v) is 17.5. The van der Waals surface area contributed by atoms with Gasteiger partial charge in [-0.25, -0.2) is 4.99 Å². The third kappa shape index (κ3) is 5.80. The zero-order valence-electron chi connectivity index (χ0n) is 17.5. The van der Waals surface area contributed by atoms with Crippen LogP contribution in [0.25, 0.3) is 0 Å². The molecule has 2 unspecified atom stereocenters. The van der Waals surface area contributed by atoms with Crippen molar-refractivity contribution in [2.24, 2.45) is 4.99 Å². The highest BCUT2D eigenvalue weighted by atomic mass is 16.5. The third-order valence-corrected chi connectivity index (χ3v) is 4.20. The summed E-state index contributed by atoms with van der Waals surface area (Å²) in [5.41, 5.74) is -0.359. The lowest BCUT2D eigenvalue weighted by Crippen LogP contribution is -2.44. The first-order valence-corrected chi connectivity index (χ1v) is 9.53. The molecular weight excluding hydrogens is 362 g/mol. The fourth-order valence-corrected chi connectivity index (χ4v) is 2.83. The molecule has 0 amide bonds. The van der Waals surface area contributed by atoms with E-state index < -0.39 is 5.60 Å². The van der Waals surface area contributed by atoms with Crippen LogP contribution in [-0.4, -0.2) is 40.9 Å². The Bertz CT molecular complexity index is 781. The summed E-state index contributed by atoms with van der Waals surface area (Å²) in [5.74, 6) is 2.90. The quantitative estimate of drug-likeness (QED) is 0.439. The van der Waals surface area contributed by atoms with Gasteiger partial charge in [0.15, 0.2) is 11.8 Å². The summed E-state index contributed by atoms with van der Waals surface area (Å²) in [6, 6.07) is 1.85. The Morgan fingerprint density at radius 1 is 1.36 bits per heavy atom. The topological polar surface area (TPSA) is 118 Å². The van der Waals surface area contributed by atoms with Gasteiger partial charge >= 0.3 is 0 Å². The van der Waals surface area contributed by atoms with Gasteiger partial charge in [0.2, 0.25) is 5.89 Å². The number of aliphatic hydroxyl groups is 1. The molecule has 156 valence electrons. The predicted molar refractivity (Wildman–Crippen MR) is 105 cm³/mol. The zero-order chi connectivity index (χ0) is 20.7. The third-order valence-electron chi connectivity index (χ3n) is 4.20. The van der Waals surface area contributed by atoms with Crippen molar-refractivity contribution in [3.8, 4) is 0 Å². The van der Waals surface area contributed by atoms with Crippen LogP contribution < -0.4 is 10.6 Å². The molecule has 2 aromatic rings. The van der Waals surface area contributed by atoms with Crippen molar-refractivity contribution in [1.82, 2.24) is 20.8 Å². The average Bonchev–Trinajstić information content (AvgIpc) is 3.24. The molecule has 28 heavy (non-hydrogen) atoms. The molecule has 0 saturated carbocycles. The average molecular weight is 393 g/mol. The van der Waals surface area contributed by atoms with E-state index in [4.69, 9.17) is 13.7 Å². The molecule has 0 aliphatic heterocycles. The minimum atomic E-state index is -1.11. The summed E-state index contributed by atoms with van der Waals surface area (Å²) < 4.78 is 16.2. The number of hydrogen-bond donors (Lipinski definition) is 3. The van der Waals surface area contributed by atoms with E-state index in [0.29, 0.717) is 36.6 Å². The molecule has 3 N–H and O–H groups in total. The molecule has 2 rings (SSSR count). The Kier molecular flexibility index (Phi) is 7.59. The van der Waals surface area contributed by atoms with Crippen molar-refractivity contribution in [1.29, 1.82) is 0 Å². The van der Waals surface area contributed by atoms with E-state index in [0.717, 1.165) is 11.3 Å². The van der Waals surface area contributed by atoms with Gasteiger partial charge in [-0.2, -0.15) is 4.98 Å². The van der Waals surface area contributed by atoms with Crippen molar-refractivity contribution < 1.29 is 18.8 Å². The maximum atomic E-state index is 10.8. The summed E-state index contributed by atoms with van der Waals surface area (Å²) in [7, 11) is 0. The molecule has 9 heteroatoms. The molecule has 2 aromatic heterocycles. The van der Waals surface area contributed by atoms with Gasteiger partial charge in [-0.05, 0) is 47.6 Å². The lowest BCUT2D eigenvalue weighted by atomic mass is 9.96. The van der Waals surface area contributed by atoms with Gasteiger partial charge in [-0.15, -0.1) is 0 Å². The molecule has 0 aliphatic rings. The van der Waals surface area contributed by atoms with Crippen molar-refractivity contribution >= 4 is 5.96 Å². The van der Waals surface area contributed by atoms with Gasteiger partial charge in [-0.3, -0.25) is 0 Å². The maximum Gasteiger partial charge on any atom is 0.248 e. The lowest BCUT2D eigenvalue weighted by molar-refractivity contribution is 0.0601. The Hall–Kier alpha value is -2.39. The van der Waals surface area contributed by atoms with Gasteiger partial charge in [0.05, 0.1) is 6.54 Å². The van der Waals surface area contributed by atoms with E-state index in [1.807, 2.05) is 40.7 Å². The number of aryl methyl sites for hydroxylation is 2. The van der Waals surface area contributed by atoms with Crippen LogP contribution in [0, 0.1) is 13.8 Å². The number of nitrogens with one attached hydrogen (secondary N) is 2. The van der Waals surface area contributed by atoms with Crippen molar-refractivity contribution in [2.45, 2.75) is 59.8 Å². The minimum absolute atomic E-state index is 0.215. The van der Waals surface area contributed by atoms with Crippen molar-refractivity contribution in [3.63, 3.8) is 0 Å². The van der Waals surface area contributed by atoms with Crippen molar-refractivity contribution in [3.05, 3.63) is 34.9 Å². The highest BCUT2D eigenvalue weighted by molar-refractivity contribution is 5.79. The fraction of sp³-hybridized carbons (Fsp3) is 0.632. The van der Waals surface area contributed by atoms with Gasteiger partial charge < -0.3 is 29.4 Å². The number of aromatic nitrogens is 2. The van der Waals surface area contributed by atoms with Gasteiger partial charge in [-0.1, -0.05) is 5.16 Å². The first-order valence-electron chi connectivity index (χ1n) is 9.53. The molecule has 9 nitrogen and oxygen atoms in total. The van der Waals surface area contributed by atoms with Crippen LogP contribution in [0.5, 0.6) is 0 Å². The Morgan fingerprint density at radius 2 is 2.11 bits per heavy atom. The Morgan fingerprint density at radius 3 is 2.71 bits per heavy atom. The van der Waals surface area contributed by atoms with Crippen LogP contribution in [0.1, 0.15) is 62.6 Å².